The smallest absolute Gasteiger partial charge is 0.251 e. The van der Waals surface area contributed by atoms with Crippen molar-refractivity contribution in [3.8, 4) is 17.2 Å². The molecule has 4 rings (SSSR count). The number of fused-ring (bicyclic) bond motifs is 1. The molecule has 2 aromatic carbocycles. The Balaban J connectivity index is 1.62. The molecule has 0 aliphatic carbocycles. The number of amides is 2. The van der Waals surface area contributed by atoms with Crippen LogP contribution in [0.2, 0.25) is 0 Å². The number of nitrogens with zero attached hydrogens (tertiary/aromatic N) is 2. The van der Waals surface area contributed by atoms with Crippen LogP contribution in [0.25, 0.3) is 0 Å². The Hall–Kier alpha value is -3.79. The summed E-state index contributed by atoms with van der Waals surface area (Å²) in [6, 6.07) is 9.58. The topological polar surface area (TPSA) is 136 Å². The average molecular weight is 539 g/mol. The zero-order valence-corrected chi connectivity index (χ0v) is 23.2. The number of methoxy groups -OCH3 is 1. The summed E-state index contributed by atoms with van der Waals surface area (Å²) in [5, 5.41) is 14.0. The second kappa shape index (κ2) is 11.1. The van der Waals surface area contributed by atoms with Gasteiger partial charge in [-0.25, -0.2) is 4.99 Å². The molecule has 10 heteroatoms. The second-order valence-electron chi connectivity index (χ2n) is 10.3. The highest BCUT2D eigenvalue weighted by molar-refractivity contribution is 5.99. The molecule has 0 saturated heterocycles. The van der Waals surface area contributed by atoms with Gasteiger partial charge < -0.3 is 30.4 Å². The highest BCUT2D eigenvalue weighted by atomic mass is 16.5. The molecular formula is C29H38N4O6. The van der Waals surface area contributed by atoms with Crippen molar-refractivity contribution < 1.29 is 28.9 Å². The van der Waals surface area contributed by atoms with Crippen molar-refractivity contribution in [1.29, 1.82) is 0 Å². The fourth-order valence-corrected chi connectivity index (χ4v) is 5.08. The number of carbonyl (C=O) groups excluding carboxylic acids is 2. The van der Waals surface area contributed by atoms with E-state index in [1.54, 1.807) is 50.4 Å². The highest BCUT2D eigenvalue weighted by Gasteiger charge is 2.41. The number of rotatable bonds is 9. The largest absolute Gasteiger partial charge is 0.497 e. The summed E-state index contributed by atoms with van der Waals surface area (Å²) in [6.45, 7) is 8.02. The van der Waals surface area contributed by atoms with Crippen molar-refractivity contribution >= 4 is 17.8 Å². The van der Waals surface area contributed by atoms with Crippen molar-refractivity contribution in [3.05, 3.63) is 53.1 Å². The number of carbonyl (C=O) groups is 2. The van der Waals surface area contributed by atoms with Gasteiger partial charge in [0, 0.05) is 22.8 Å². The van der Waals surface area contributed by atoms with E-state index in [1.807, 2.05) is 20.8 Å². The molecule has 2 unspecified atom stereocenters. The SMILES string of the molecule is CCOc1ccc(C(=O)NC2c3ccc(OC)cc3OCC2(C)O)cc1CN1C(=O)CC(CC)(CC)N=C1N. The van der Waals surface area contributed by atoms with Gasteiger partial charge in [-0.2, -0.15) is 0 Å². The summed E-state index contributed by atoms with van der Waals surface area (Å²) < 4.78 is 16.8. The van der Waals surface area contributed by atoms with Crippen LogP contribution in [0.5, 0.6) is 17.2 Å². The average Bonchev–Trinajstić information content (AvgIpc) is 2.92. The van der Waals surface area contributed by atoms with Crippen molar-refractivity contribution in [1.82, 2.24) is 10.2 Å². The Labute approximate surface area is 229 Å². The Morgan fingerprint density at radius 3 is 2.62 bits per heavy atom. The fraction of sp³-hybridized carbons (Fsp3) is 0.483. The molecule has 0 radical (unpaired) electrons. The molecule has 210 valence electrons. The number of hydrogen-bond acceptors (Lipinski definition) is 8. The molecular weight excluding hydrogens is 500 g/mol. The van der Waals surface area contributed by atoms with Gasteiger partial charge in [-0.1, -0.05) is 13.8 Å². The Bertz CT molecular complexity index is 1270. The molecule has 0 fully saturated rings. The minimum Gasteiger partial charge on any atom is -0.497 e. The first-order valence-electron chi connectivity index (χ1n) is 13.3. The minimum absolute atomic E-state index is 0.000658. The van der Waals surface area contributed by atoms with Crippen LogP contribution in [0.15, 0.2) is 41.4 Å². The Kier molecular flexibility index (Phi) is 8.06. The number of nitrogens with two attached hydrogens (primary N) is 1. The highest BCUT2D eigenvalue weighted by Crippen LogP contribution is 2.40. The monoisotopic (exact) mass is 538 g/mol. The quantitative estimate of drug-likeness (QED) is 0.446. The van der Waals surface area contributed by atoms with Gasteiger partial charge in [0.1, 0.15) is 29.5 Å². The van der Waals surface area contributed by atoms with E-state index in [2.05, 4.69) is 10.3 Å². The van der Waals surface area contributed by atoms with Crippen LogP contribution in [-0.2, 0) is 11.3 Å². The third kappa shape index (κ3) is 5.66. The zero-order valence-electron chi connectivity index (χ0n) is 23.2. The number of hydrogen-bond donors (Lipinski definition) is 3. The molecule has 0 aromatic heterocycles. The summed E-state index contributed by atoms with van der Waals surface area (Å²) in [6.07, 6.45) is 1.71. The lowest BCUT2D eigenvalue weighted by Crippen LogP contribution is -2.51. The van der Waals surface area contributed by atoms with E-state index in [0.29, 0.717) is 40.5 Å². The van der Waals surface area contributed by atoms with Crippen LogP contribution in [-0.4, -0.2) is 59.2 Å². The first-order valence-corrected chi connectivity index (χ1v) is 13.3. The molecule has 2 aliphatic rings. The van der Waals surface area contributed by atoms with Gasteiger partial charge in [0.05, 0.1) is 38.3 Å². The van der Waals surface area contributed by atoms with E-state index in [0.717, 1.165) is 12.8 Å². The van der Waals surface area contributed by atoms with Gasteiger partial charge in [0.2, 0.25) is 5.91 Å². The molecule has 4 N–H and O–H groups in total. The summed E-state index contributed by atoms with van der Waals surface area (Å²) in [4.78, 5) is 32.7. The summed E-state index contributed by atoms with van der Waals surface area (Å²) in [5.74, 6) is 1.35. The third-order valence-corrected chi connectivity index (χ3v) is 7.63. The van der Waals surface area contributed by atoms with Crippen molar-refractivity contribution in [2.24, 2.45) is 10.7 Å². The second-order valence-corrected chi connectivity index (χ2v) is 10.3. The van der Waals surface area contributed by atoms with Crippen LogP contribution in [0.1, 0.15) is 74.5 Å². The summed E-state index contributed by atoms with van der Waals surface area (Å²) in [5.41, 5.74) is 6.06. The van der Waals surface area contributed by atoms with E-state index < -0.39 is 23.1 Å². The molecule has 2 aromatic rings. The molecule has 2 amide bonds. The molecule has 2 heterocycles. The van der Waals surface area contributed by atoms with Gasteiger partial charge in [0.15, 0.2) is 5.96 Å². The predicted octanol–water partition coefficient (Wildman–Crippen LogP) is 3.31. The molecule has 0 bridgehead atoms. The normalized spacial score (nSPS) is 21.9. The lowest BCUT2D eigenvalue weighted by atomic mass is 9.87. The van der Waals surface area contributed by atoms with Crippen molar-refractivity contribution in [2.75, 3.05) is 20.3 Å². The van der Waals surface area contributed by atoms with E-state index in [4.69, 9.17) is 19.9 Å². The third-order valence-electron chi connectivity index (χ3n) is 7.63. The lowest BCUT2D eigenvalue weighted by Gasteiger charge is -2.38. The van der Waals surface area contributed by atoms with Crippen molar-refractivity contribution in [3.63, 3.8) is 0 Å². The molecule has 0 spiro atoms. The summed E-state index contributed by atoms with van der Waals surface area (Å²) in [7, 11) is 1.56. The molecule has 2 atom stereocenters. The molecule has 0 saturated carbocycles. The zero-order chi connectivity index (χ0) is 28.4. The van der Waals surface area contributed by atoms with E-state index in [-0.39, 0.29) is 31.4 Å². The number of benzene rings is 2. The van der Waals surface area contributed by atoms with Crippen LogP contribution in [0, 0.1) is 0 Å². The van der Waals surface area contributed by atoms with Crippen LogP contribution in [0.3, 0.4) is 0 Å². The first kappa shape index (κ1) is 28.2. The van der Waals surface area contributed by atoms with Crippen LogP contribution in [0.4, 0.5) is 0 Å². The van der Waals surface area contributed by atoms with Crippen LogP contribution >= 0.6 is 0 Å². The fourth-order valence-electron chi connectivity index (χ4n) is 5.08. The van der Waals surface area contributed by atoms with E-state index in [9.17, 15) is 14.7 Å². The maximum absolute atomic E-state index is 13.5. The Morgan fingerprint density at radius 2 is 1.97 bits per heavy atom. The number of ether oxygens (including phenoxy) is 3. The molecule has 2 aliphatic heterocycles. The maximum Gasteiger partial charge on any atom is 0.251 e. The van der Waals surface area contributed by atoms with Gasteiger partial charge in [-0.15, -0.1) is 0 Å². The van der Waals surface area contributed by atoms with Gasteiger partial charge in [0.25, 0.3) is 5.91 Å². The standard InChI is InChI=1S/C29H38N4O6/c1-6-29(7-2)15-24(34)33(27(30)32-29)16-19-13-18(9-12-22(19)38-8-3)26(35)31-25-21-11-10-20(37-5)14-23(21)39-17-28(25,4)36/h9-14,25,36H,6-8,15-17H2,1-5H3,(H2,30,32)(H,31,35). The van der Waals surface area contributed by atoms with E-state index in [1.165, 1.54) is 4.90 Å². The molecule has 10 nitrogen and oxygen atoms in total. The molecule has 39 heavy (non-hydrogen) atoms. The van der Waals surface area contributed by atoms with Gasteiger partial charge in [-0.3, -0.25) is 14.5 Å². The van der Waals surface area contributed by atoms with Gasteiger partial charge in [-0.05, 0) is 57.0 Å². The Morgan fingerprint density at radius 1 is 1.23 bits per heavy atom. The van der Waals surface area contributed by atoms with E-state index >= 15 is 0 Å². The number of guanidine groups is 1. The van der Waals surface area contributed by atoms with Gasteiger partial charge >= 0.3 is 0 Å². The van der Waals surface area contributed by atoms with Crippen LogP contribution < -0.4 is 25.3 Å². The number of nitrogens with one attached hydrogen (secondary N) is 1. The lowest BCUT2D eigenvalue weighted by molar-refractivity contribution is -0.130. The van der Waals surface area contributed by atoms with Crippen molar-refractivity contribution in [2.45, 2.75) is 70.7 Å². The predicted molar refractivity (Wildman–Crippen MR) is 147 cm³/mol. The number of aliphatic imine (C=N–C) groups is 1. The minimum atomic E-state index is -1.35. The summed E-state index contributed by atoms with van der Waals surface area (Å²) >= 11 is 0. The maximum atomic E-state index is 13.5. The first-order chi connectivity index (χ1) is 18.6. The number of aliphatic hydroxyl groups is 1.